The molecule has 1 heterocycles. The highest BCUT2D eigenvalue weighted by Crippen LogP contribution is 2.29. The van der Waals surface area contributed by atoms with Gasteiger partial charge in [0.25, 0.3) is 0 Å². The zero-order valence-corrected chi connectivity index (χ0v) is 13.5. The van der Waals surface area contributed by atoms with E-state index < -0.39 is 0 Å². The smallest absolute Gasteiger partial charge is 0.0701 e. The van der Waals surface area contributed by atoms with Crippen LogP contribution in [0.1, 0.15) is 31.4 Å². The molecule has 2 rings (SSSR count). The number of benzene rings is 1. The van der Waals surface area contributed by atoms with Crippen LogP contribution in [0.4, 0.5) is 5.69 Å². The number of hydrogen-bond donors (Lipinski definition) is 2. The lowest BCUT2D eigenvalue weighted by Gasteiger charge is -2.33. The average molecular weight is 343 g/mol. The van der Waals surface area contributed by atoms with Crippen LogP contribution in [-0.2, 0) is 4.74 Å². The summed E-state index contributed by atoms with van der Waals surface area (Å²) in [6.07, 6.45) is 2.30. The van der Waals surface area contributed by atoms with Crippen LogP contribution in [0.25, 0.3) is 0 Å². The van der Waals surface area contributed by atoms with Crippen LogP contribution in [0.5, 0.6) is 0 Å². The van der Waals surface area contributed by atoms with Gasteiger partial charge in [0, 0.05) is 29.3 Å². The van der Waals surface area contributed by atoms with Crippen LogP contribution in [0.3, 0.4) is 0 Å². The minimum Gasteiger partial charge on any atom is -0.394 e. The van der Waals surface area contributed by atoms with Gasteiger partial charge in [0.1, 0.15) is 0 Å². The summed E-state index contributed by atoms with van der Waals surface area (Å²) in [6, 6.07) is 6.42. The molecule has 1 aromatic rings. The van der Waals surface area contributed by atoms with Gasteiger partial charge in [-0.1, -0.05) is 22.0 Å². The minimum atomic E-state index is 0.0380. The van der Waals surface area contributed by atoms with E-state index in [4.69, 9.17) is 15.6 Å². The Hall–Kier alpha value is -0.620. The molecule has 1 atom stereocenters. The molecule has 5 heteroatoms. The van der Waals surface area contributed by atoms with Crippen LogP contribution < -0.4 is 10.6 Å². The molecular weight excluding hydrogens is 320 g/mol. The lowest BCUT2D eigenvalue weighted by molar-refractivity contribution is 0.0159. The van der Waals surface area contributed by atoms with Gasteiger partial charge in [-0.3, -0.25) is 0 Å². The van der Waals surface area contributed by atoms with Gasteiger partial charge in [-0.05, 0) is 37.5 Å². The number of nitrogens with zero attached hydrogens (tertiary/aromatic N) is 1. The molecule has 0 aromatic heterocycles. The van der Waals surface area contributed by atoms with Crippen molar-refractivity contribution in [2.75, 3.05) is 31.2 Å². The second kappa shape index (κ2) is 7.41. The molecule has 1 aliphatic heterocycles. The van der Waals surface area contributed by atoms with Crippen molar-refractivity contribution in [1.29, 1.82) is 0 Å². The zero-order chi connectivity index (χ0) is 14.5. The van der Waals surface area contributed by atoms with E-state index >= 15 is 0 Å². The van der Waals surface area contributed by atoms with Gasteiger partial charge < -0.3 is 20.5 Å². The molecule has 112 valence electrons. The molecule has 1 saturated heterocycles. The quantitative estimate of drug-likeness (QED) is 0.862. The first-order chi connectivity index (χ1) is 9.61. The maximum Gasteiger partial charge on any atom is 0.0701 e. The van der Waals surface area contributed by atoms with E-state index in [-0.39, 0.29) is 18.8 Å². The van der Waals surface area contributed by atoms with Crippen molar-refractivity contribution in [2.45, 2.75) is 31.9 Å². The van der Waals surface area contributed by atoms with Crippen LogP contribution in [0, 0.1) is 0 Å². The third kappa shape index (κ3) is 3.95. The molecule has 3 N–H and O–H groups in total. The van der Waals surface area contributed by atoms with Gasteiger partial charge in [-0.25, -0.2) is 0 Å². The fraction of sp³-hybridized carbons (Fsp3) is 0.600. The lowest BCUT2D eigenvalue weighted by Crippen LogP contribution is -2.37. The number of anilines is 1. The van der Waals surface area contributed by atoms with Crippen molar-refractivity contribution in [3.05, 3.63) is 28.2 Å². The third-order valence-corrected chi connectivity index (χ3v) is 4.41. The Balaban J connectivity index is 1.95. The third-order valence-electron chi connectivity index (χ3n) is 3.73. The van der Waals surface area contributed by atoms with Crippen molar-refractivity contribution in [1.82, 2.24) is 0 Å². The maximum absolute atomic E-state index is 8.78. The molecule has 0 aliphatic carbocycles. The number of hydrogen-bond acceptors (Lipinski definition) is 4. The molecule has 4 nitrogen and oxygen atoms in total. The fourth-order valence-corrected chi connectivity index (χ4v) is 3.31. The number of nitrogens with two attached hydrogens (primary N) is 1. The molecule has 20 heavy (non-hydrogen) atoms. The van der Waals surface area contributed by atoms with Crippen molar-refractivity contribution in [3.8, 4) is 0 Å². The monoisotopic (exact) mass is 342 g/mol. The summed E-state index contributed by atoms with van der Waals surface area (Å²) in [7, 11) is 0. The second-order valence-electron chi connectivity index (χ2n) is 5.28. The van der Waals surface area contributed by atoms with Gasteiger partial charge in [-0.2, -0.15) is 0 Å². The van der Waals surface area contributed by atoms with E-state index in [2.05, 4.69) is 39.0 Å². The largest absolute Gasteiger partial charge is 0.394 e. The summed E-state index contributed by atoms with van der Waals surface area (Å²) in [5.74, 6) is 0. The standard InChI is InChI=1S/C15H23BrN2O2/c1-11(17)14-3-2-12(10-15(14)16)18-6-4-13(5-7-18)20-9-8-19/h2-3,10-11,13,19H,4-9,17H2,1H3/t11-/m0/s1. The number of piperidine rings is 1. The van der Waals surface area contributed by atoms with Crippen LogP contribution in [0.15, 0.2) is 22.7 Å². The average Bonchev–Trinajstić information content (AvgIpc) is 2.45. The number of ether oxygens (including phenoxy) is 1. The Morgan fingerprint density at radius 3 is 2.70 bits per heavy atom. The molecule has 0 radical (unpaired) electrons. The number of halogens is 1. The van der Waals surface area contributed by atoms with E-state index in [9.17, 15) is 0 Å². The predicted octanol–water partition coefficient (Wildman–Crippen LogP) is 2.45. The molecule has 0 unspecified atom stereocenters. The fourth-order valence-electron chi connectivity index (χ4n) is 2.58. The van der Waals surface area contributed by atoms with E-state index in [0.29, 0.717) is 6.61 Å². The van der Waals surface area contributed by atoms with Gasteiger partial charge in [0.15, 0.2) is 0 Å². The summed E-state index contributed by atoms with van der Waals surface area (Å²) in [6.45, 7) is 4.51. The first-order valence-electron chi connectivity index (χ1n) is 7.14. The van der Waals surface area contributed by atoms with Crippen molar-refractivity contribution < 1.29 is 9.84 Å². The summed E-state index contributed by atoms with van der Waals surface area (Å²) >= 11 is 3.60. The van der Waals surface area contributed by atoms with E-state index in [1.54, 1.807) is 0 Å². The Labute approximate surface area is 129 Å². The van der Waals surface area contributed by atoms with Gasteiger partial charge in [0.05, 0.1) is 19.3 Å². The topological polar surface area (TPSA) is 58.7 Å². The van der Waals surface area contributed by atoms with Crippen LogP contribution >= 0.6 is 15.9 Å². The van der Waals surface area contributed by atoms with Crippen molar-refractivity contribution in [2.24, 2.45) is 5.73 Å². The normalized spacial score (nSPS) is 18.3. The molecule has 0 saturated carbocycles. The second-order valence-corrected chi connectivity index (χ2v) is 6.13. The van der Waals surface area contributed by atoms with Crippen LogP contribution in [-0.4, -0.2) is 37.5 Å². The first-order valence-corrected chi connectivity index (χ1v) is 7.93. The highest BCUT2D eigenvalue weighted by Gasteiger charge is 2.20. The summed E-state index contributed by atoms with van der Waals surface area (Å²) < 4.78 is 6.66. The van der Waals surface area contributed by atoms with Gasteiger partial charge >= 0.3 is 0 Å². The van der Waals surface area contributed by atoms with E-state index in [1.165, 1.54) is 5.69 Å². The number of aliphatic hydroxyl groups is 1. The van der Waals surface area contributed by atoms with E-state index in [0.717, 1.165) is 36.0 Å². The van der Waals surface area contributed by atoms with Gasteiger partial charge in [0.2, 0.25) is 0 Å². The molecule has 1 fully saturated rings. The Morgan fingerprint density at radius 1 is 1.45 bits per heavy atom. The maximum atomic E-state index is 8.78. The van der Waals surface area contributed by atoms with E-state index in [1.807, 2.05) is 6.92 Å². The predicted molar refractivity (Wildman–Crippen MR) is 85.0 cm³/mol. The summed E-state index contributed by atoms with van der Waals surface area (Å²) in [4.78, 5) is 2.37. The molecule has 1 aromatic carbocycles. The van der Waals surface area contributed by atoms with Crippen molar-refractivity contribution in [3.63, 3.8) is 0 Å². The Morgan fingerprint density at radius 2 is 2.15 bits per heavy atom. The molecule has 0 bridgehead atoms. The Kier molecular flexibility index (Phi) is 5.84. The molecule has 1 aliphatic rings. The minimum absolute atomic E-state index is 0.0380. The SMILES string of the molecule is C[C@H](N)c1ccc(N2CCC(OCCO)CC2)cc1Br. The highest BCUT2D eigenvalue weighted by molar-refractivity contribution is 9.10. The number of rotatable bonds is 5. The summed E-state index contributed by atoms with van der Waals surface area (Å²) in [5.41, 5.74) is 8.29. The highest BCUT2D eigenvalue weighted by atomic mass is 79.9. The molecular formula is C15H23BrN2O2. The zero-order valence-electron chi connectivity index (χ0n) is 11.9. The number of aliphatic hydroxyl groups excluding tert-OH is 1. The summed E-state index contributed by atoms with van der Waals surface area (Å²) in [5, 5.41) is 8.78. The molecule has 0 spiro atoms. The van der Waals surface area contributed by atoms with Gasteiger partial charge in [-0.15, -0.1) is 0 Å². The van der Waals surface area contributed by atoms with Crippen LogP contribution in [0.2, 0.25) is 0 Å². The van der Waals surface area contributed by atoms with Crippen molar-refractivity contribution >= 4 is 21.6 Å². The Bertz CT molecular complexity index is 432. The lowest BCUT2D eigenvalue weighted by atomic mass is 10.1. The molecule has 0 amide bonds. The first kappa shape index (κ1) is 15.8.